The van der Waals surface area contributed by atoms with Crippen LogP contribution in [-0.2, 0) is 9.59 Å². The van der Waals surface area contributed by atoms with Crippen molar-refractivity contribution in [3.05, 3.63) is 30.1 Å². The van der Waals surface area contributed by atoms with Gasteiger partial charge in [0.2, 0.25) is 5.91 Å². The minimum Gasteiger partial charge on any atom is -0.481 e. The van der Waals surface area contributed by atoms with Crippen molar-refractivity contribution in [3.8, 4) is 0 Å². The van der Waals surface area contributed by atoms with E-state index < -0.39 is 11.4 Å². The first-order chi connectivity index (χ1) is 9.27. The fourth-order valence-electron chi connectivity index (χ4n) is 1.86. The Bertz CT molecular complexity index is 473. The molecule has 0 radical (unpaired) electrons. The number of pyridine rings is 1. The second-order valence-electron chi connectivity index (χ2n) is 5.60. The Balaban J connectivity index is 2.70. The van der Waals surface area contributed by atoms with Gasteiger partial charge < -0.3 is 10.4 Å². The highest BCUT2D eigenvalue weighted by atomic mass is 16.4. The summed E-state index contributed by atoms with van der Waals surface area (Å²) in [6, 6.07) is 5.23. The average molecular weight is 278 g/mol. The third-order valence-corrected chi connectivity index (χ3v) is 3.80. The van der Waals surface area contributed by atoms with Gasteiger partial charge in [-0.1, -0.05) is 19.9 Å². The molecule has 1 rings (SSSR count). The maximum Gasteiger partial charge on any atom is 0.310 e. The van der Waals surface area contributed by atoms with Gasteiger partial charge in [0.05, 0.1) is 17.2 Å². The van der Waals surface area contributed by atoms with Crippen LogP contribution in [-0.4, -0.2) is 22.0 Å². The van der Waals surface area contributed by atoms with Gasteiger partial charge in [0.1, 0.15) is 0 Å². The Morgan fingerprint density at radius 1 is 1.35 bits per heavy atom. The maximum absolute atomic E-state index is 12.0. The molecule has 0 bridgehead atoms. The van der Waals surface area contributed by atoms with Crippen LogP contribution >= 0.6 is 0 Å². The molecule has 5 nitrogen and oxygen atoms in total. The predicted molar refractivity (Wildman–Crippen MR) is 76.0 cm³/mol. The van der Waals surface area contributed by atoms with E-state index >= 15 is 0 Å². The summed E-state index contributed by atoms with van der Waals surface area (Å²) in [5, 5.41) is 12.1. The first-order valence-electron chi connectivity index (χ1n) is 6.71. The Morgan fingerprint density at radius 2 is 2.00 bits per heavy atom. The smallest absolute Gasteiger partial charge is 0.310 e. The van der Waals surface area contributed by atoms with Crippen molar-refractivity contribution in [3.63, 3.8) is 0 Å². The molecule has 0 aliphatic heterocycles. The normalized spacial score (nSPS) is 15.4. The quantitative estimate of drug-likeness (QED) is 0.837. The minimum atomic E-state index is -1.06. The third-order valence-electron chi connectivity index (χ3n) is 3.80. The lowest BCUT2D eigenvalue weighted by molar-refractivity contribution is -0.153. The number of carbonyl (C=O) groups is 2. The summed E-state index contributed by atoms with van der Waals surface area (Å²) in [5.74, 6) is -1.36. The van der Waals surface area contributed by atoms with Gasteiger partial charge in [-0.05, 0) is 31.9 Å². The van der Waals surface area contributed by atoms with Gasteiger partial charge in [-0.15, -0.1) is 0 Å². The molecule has 1 aromatic rings. The molecule has 2 unspecified atom stereocenters. The van der Waals surface area contributed by atoms with Crippen molar-refractivity contribution >= 4 is 11.9 Å². The predicted octanol–water partition coefficient (Wildman–Crippen LogP) is 2.40. The summed E-state index contributed by atoms with van der Waals surface area (Å²) in [7, 11) is 0. The number of amides is 1. The molecule has 0 aliphatic rings. The second kappa shape index (κ2) is 6.50. The number of aliphatic carboxylic acids is 1. The fourth-order valence-corrected chi connectivity index (χ4v) is 1.86. The van der Waals surface area contributed by atoms with Crippen molar-refractivity contribution in [2.24, 2.45) is 11.3 Å². The van der Waals surface area contributed by atoms with Crippen LogP contribution in [0.3, 0.4) is 0 Å². The Labute approximate surface area is 119 Å². The van der Waals surface area contributed by atoms with Crippen LogP contribution in [0.5, 0.6) is 0 Å². The van der Waals surface area contributed by atoms with Crippen molar-refractivity contribution in [2.45, 2.75) is 40.2 Å². The van der Waals surface area contributed by atoms with Gasteiger partial charge in [-0.2, -0.15) is 0 Å². The molecule has 1 amide bonds. The number of carboxylic acid groups (broad SMARTS) is 1. The van der Waals surface area contributed by atoms with E-state index in [4.69, 9.17) is 0 Å². The molecule has 0 spiro atoms. The number of hydrogen-bond acceptors (Lipinski definition) is 3. The zero-order valence-electron chi connectivity index (χ0n) is 12.4. The standard InChI is InChI=1S/C15H22N2O3/c1-10(2)15(4,14(19)20)9-13(18)17-11(3)12-7-5-6-8-16-12/h5-8,10-11H,9H2,1-4H3,(H,17,18)(H,19,20). The second-order valence-corrected chi connectivity index (χ2v) is 5.60. The Kier molecular flexibility index (Phi) is 5.25. The topological polar surface area (TPSA) is 79.3 Å². The van der Waals surface area contributed by atoms with Crippen molar-refractivity contribution < 1.29 is 14.7 Å². The van der Waals surface area contributed by atoms with Gasteiger partial charge in [0, 0.05) is 12.6 Å². The van der Waals surface area contributed by atoms with Gasteiger partial charge in [-0.25, -0.2) is 0 Å². The first-order valence-corrected chi connectivity index (χ1v) is 6.71. The van der Waals surface area contributed by atoms with Crippen LogP contribution in [0.4, 0.5) is 0 Å². The number of nitrogens with one attached hydrogen (secondary N) is 1. The van der Waals surface area contributed by atoms with E-state index in [-0.39, 0.29) is 24.3 Å². The molecule has 1 aromatic heterocycles. The molecule has 0 saturated carbocycles. The molecule has 0 aromatic carbocycles. The monoisotopic (exact) mass is 278 g/mol. The number of aromatic nitrogens is 1. The third kappa shape index (κ3) is 3.79. The number of carbonyl (C=O) groups excluding carboxylic acids is 1. The minimum absolute atomic E-state index is 0.0445. The molecule has 0 saturated heterocycles. The Morgan fingerprint density at radius 3 is 2.45 bits per heavy atom. The van der Waals surface area contributed by atoms with Crippen molar-refractivity contribution in [2.75, 3.05) is 0 Å². The van der Waals surface area contributed by atoms with Gasteiger partial charge in [-0.3, -0.25) is 14.6 Å². The van der Waals surface area contributed by atoms with E-state index in [1.165, 1.54) is 0 Å². The lowest BCUT2D eigenvalue weighted by Crippen LogP contribution is -2.39. The molecular weight excluding hydrogens is 256 g/mol. The molecule has 0 fully saturated rings. The molecule has 0 aliphatic carbocycles. The number of rotatable bonds is 6. The van der Waals surface area contributed by atoms with E-state index in [1.54, 1.807) is 19.2 Å². The summed E-state index contributed by atoms with van der Waals surface area (Å²) in [5.41, 5.74) is -0.309. The van der Waals surface area contributed by atoms with E-state index in [2.05, 4.69) is 10.3 Å². The summed E-state index contributed by atoms with van der Waals surface area (Å²) < 4.78 is 0. The van der Waals surface area contributed by atoms with Crippen molar-refractivity contribution in [1.82, 2.24) is 10.3 Å². The van der Waals surface area contributed by atoms with Gasteiger partial charge >= 0.3 is 5.97 Å². The zero-order chi connectivity index (χ0) is 15.3. The summed E-state index contributed by atoms with van der Waals surface area (Å²) >= 11 is 0. The Hall–Kier alpha value is -1.91. The molecule has 1 heterocycles. The van der Waals surface area contributed by atoms with Crippen LogP contribution in [0.15, 0.2) is 24.4 Å². The van der Waals surface area contributed by atoms with Gasteiger partial charge in [0.15, 0.2) is 0 Å². The highest BCUT2D eigenvalue weighted by Gasteiger charge is 2.39. The maximum atomic E-state index is 12.0. The number of hydrogen-bond donors (Lipinski definition) is 2. The fraction of sp³-hybridized carbons (Fsp3) is 0.533. The van der Waals surface area contributed by atoms with Crippen LogP contribution < -0.4 is 5.32 Å². The molecule has 2 atom stereocenters. The van der Waals surface area contributed by atoms with Gasteiger partial charge in [0.25, 0.3) is 0 Å². The average Bonchev–Trinajstić information content (AvgIpc) is 2.38. The first kappa shape index (κ1) is 16.1. The molecule has 20 heavy (non-hydrogen) atoms. The number of carboxylic acids is 1. The summed E-state index contributed by atoms with van der Waals surface area (Å²) in [6.45, 7) is 7.05. The molecule has 110 valence electrons. The van der Waals surface area contributed by atoms with E-state index in [9.17, 15) is 14.7 Å². The lowest BCUT2D eigenvalue weighted by atomic mass is 9.76. The lowest BCUT2D eigenvalue weighted by Gasteiger charge is -2.28. The largest absolute Gasteiger partial charge is 0.481 e. The number of nitrogens with zero attached hydrogens (tertiary/aromatic N) is 1. The molecular formula is C15H22N2O3. The van der Waals surface area contributed by atoms with E-state index in [1.807, 2.05) is 32.9 Å². The van der Waals surface area contributed by atoms with E-state index in [0.29, 0.717) is 0 Å². The van der Waals surface area contributed by atoms with Crippen molar-refractivity contribution in [1.29, 1.82) is 0 Å². The summed E-state index contributed by atoms with van der Waals surface area (Å²) in [6.07, 6.45) is 1.62. The molecule has 5 heteroatoms. The van der Waals surface area contributed by atoms with Crippen LogP contribution in [0.1, 0.15) is 45.9 Å². The summed E-state index contributed by atoms with van der Waals surface area (Å²) in [4.78, 5) is 27.6. The van der Waals surface area contributed by atoms with E-state index in [0.717, 1.165) is 5.69 Å². The van der Waals surface area contributed by atoms with Crippen LogP contribution in [0, 0.1) is 11.3 Å². The zero-order valence-corrected chi connectivity index (χ0v) is 12.4. The van der Waals surface area contributed by atoms with Crippen LogP contribution in [0.2, 0.25) is 0 Å². The highest BCUT2D eigenvalue weighted by molar-refractivity contribution is 5.85. The highest BCUT2D eigenvalue weighted by Crippen LogP contribution is 2.31. The van der Waals surface area contributed by atoms with Crippen LogP contribution in [0.25, 0.3) is 0 Å². The SMILES string of the molecule is CC(NC(=O)CC(C)(C(=O)O)C(C)C)c1ccccn1. The molecule has 2 N–H and O–H groups in total.